The lowest BCUT2D eigenvalue weighted by Gasteiger charge is -2.39. The minimum atomic E-state index is -5.37. The molecule has 1 fully saturated rings. The number of hydrogen-bond donors (Lipinski definition) is 2. The van der Waals surface area contributed by atoms with Gasteiger partial charge in [-0.2, -0.15) is 18.2 Å². The van der Waals surface area contributed by atoms with E-state index in [9.17, 15) is 36.3 Å². The second-order valence-electron chi connectivity index (χ2n) is 8.58. The molecule has 1 aliphatic rings. The third kappa shape index (κ3) is 7.02. The van der Waals surface area contributed by atoms with Crippen molar-refractivity contribution >= 4 is 33.8 Å². The normalized spacial score (nSPS) is 16.1. The van der Waals surface area contributed by atoms with Crippen molar-refractivity contribution in [1.29, 1.82) is 0 Å². The summed E-state index contributed by atoms with van der Waals surface area (Å²) in [7, 11) is 0. The molecule has 3 rings (SSSR count). The molecular weight excluding hydrogens is 605 g/mol. The van der Waals surface area contributed by atoms with Crippen LogP contribution in [0.2, 0.25) is 0 Å². The highest BCUT2D eigenvalue weighted by atomic mass is 79.9. The number of piperazine rings is 1. The van der Waals surface area contributed by atoms with Gasteiger partial charge in [-0.05, 0) is 41.9 Å². The van der Waals surface area contributed by atoms with Gasteiger partial charge in [-0.15, -0.1) is 0 Å². The Morgan fingerprint density at radius 1 is 1.26 bits per heavy atom. The van der Waals surface area contributed by atoms with E-state index < -0.39 is 76.7 Å². The van der Waals surface area contributed by atoms with Gasteiger partial charge in [0, 0.05) is 24.7 Å². The van der Waals surface area contributed by atoms with Gasteiger partial charge >= 0.3 is 18.1 Å². The van der Waals surface area contributed by atoms with Crippen molar-refractivity contribution in [3.8, 4) is 5.88 Å². The number of alkyl halides is 3. The number of anilines is 1. The van der Waals surface area contributed by atoms with Crippen LogP contribution >= 0.6 is 15.9 Å². The van der Waals surface area contributed by atoms with Gasteiger partial charge in [0.15, 0.2) is 12.0 Å². The van der Waals surface area contributed by atoms with E-state index in [0.29, 0.717) is 10.6 Å². The van der Waals surface area contributed by atoms with Gasteiger partial charge in [0.2, 0.25) is 11.8 Å². The molecule has 1 aromatic carbocycles. The van der Waals surface area contributed by atoms with Crippen LogP contribution in [0.25, 0.3) is 0 Å². The summed E-state index contributed by atoms with van der Waals surface area (Å²) in [5, 5.41) is 2.95. The quantitative estimate of drug-likeness (QED) is 0.330. The smallest absolute Gasteiger partial charge is 0.472 e. The van der Waals surface area contributed by atoms with Gasteiger partial charge in [-0.1, -0.05) is 0 Å². The van der Waals surface area contributed by atoms with Crippen LogP contribution in [0, 0.1) is 11.6 Å². The SMILES string of the molecule is CC(C)(OC(=O)C(F)(F)F)n1c(N2CCNCC2OC(=O)CN)nc(OCc2ccc(F)cc2F)c(Br)c1=O. The molecule has 1 aliphatic heterocycles. The lowest BCUT2D eigenvalue weighted by Crippen LogP contribution is -2.56. The zero-order chi connectivity index (χ0) is 29.1. The number of carbonyl (C=O) groups is 2. The molecule has 11 nitrogen and oxygen atoms in total. The van der Waals surface area contributed by atoms with Crippen LogP contribution in [0.4, 0.5) is 27.9 Å². The highest BCUT2D eigenvalue weighted by Crippen LogP contribution is 2.32. The summed E-state index contributed by atoms with van der Waals surface area (Å²) in [6.45, 7) is 1.34. The first-order chi connectivity index (χ1) is 18.2. The monoisotopic (exact) mass is 627 g/mol. The van der Waals surface area contributed by atoms with Gasteiger partial charge in [-0.25, -0.2) is 18.1 Å². The molecular formula is C22H23BrF5N5O6. The van der Waals surface area contributed by atoms with E-state index in [-0.39, 0.29) is 25.2 Å². The number of esters is 2. The van der Waals surface area contributed by atoms with Crippen molar-refractivity contribution in [2.45, 2.75) is 38.6 Å². The molecule has 1 unspecified atom stereocenters. The Labute approximate surface area is 226 Å². The van der Waals surface area contributed by atoms with E-state index in [0.717, 1.165) is 26.0 Å². The molecule has 0 saturated carbocycles. The van der Waals surface area contributed by atoms with Gasteiger partial charge in [0.25, 0.3) is 5.56 Å². The van der Waals surface area contributed by atoms with Crippen LogP contribution in [0.5, 0.6) is 5.88 Å². The number of rotatable bonds is 8. The molecule has 0 radical (unpaired) electrons. The topological polar surface area (TPSA) is 138 Å². The number of ether oxygens (including phenoxy) is 3. The minimum absolute atomic E-state index is 0.0113. The standard InChI is InChI=1S/C22H23BrF5N5O6/c1-21(2,39-19(36)22(26,27)28)33-18(35)16(23)17(37-10-11-3-4-12(24)7-13(11)25)31-20(33)32-6-5-30-9-14(32)38-15(34)8-29/h3-4,7,14,30H,5-6,8-10,29H2,1-2H3. The first kappa shape index (κ1) is 30.2. The number of nitrogens with zero attached hydrogens (tertiary/aromatic N) is 3. The minimum Gasteiger partial charge on any atom is -0.472 e. The second kappa shape index (κ2) is 11.8. The van der Waals surface area contributed by atoms with Gasteiger partial charge in [-0.3, -0.25) is 9.59 Å². The summed E-state index contributed by atoms with van der Waals surface area (Å²) < 4.78 is 82.1. The Morgan fingerprint density at radius 3 is 2.56 bits per heavy atom. The second-order valence-corrected chi connectivity index (χ2v) is 9.37. The van der Waals surface area contributed by atoms with Gasteiger partial charge in [0.05, 0.1) is 13.1 Å². The molecule has 0 amide bonds. The number of carbonyl (C=O) groups excluding carboxylic acids is 2. The predicted molar refractivity (Wildman–Crippen MR) is 128 cm³/mol. The molecule has 17 heteroatoms. The fourth-order valence-electron chi connectivity index (χ4n) is 3.57. The first-order valence-electron chi connectivity index (χ1n) is 11.2. The molecule has 3 N–H and O–H groups in total. The van der Waals surface area contributed by atoms with Crippen LogP contribution in [0.15, 0.2) is 27.5 Å². The first-order valence-corrected chi connectivity index (χ1v) is 12.0. The van der Waals surface area contributed by atoms with Crippen LogP contribution in [-0.4, -0.2) is 60.1 Å². The third-order valence-corrected chi connectivity index (χ3v) is 6.04. The molecule has 0 aliphatic carbocycles. The number of halogens is 6. The fraction of sp³-hybridized carbons (Fsp3) is 0.455. The summed E-state index contributed by atoms with van der Waals surface area (Å²) in [6, 6.07) is 2.72. The van der Waals surface area contributed by atoms with Crippen molar-refractivity contribution in [3.63, 3.8) is 0 Å². The summed E-state index contributed by atoms with van der Waals surface area (Å²) >= 11 is 2.99. The number of nitrogens with one attached hydrogen (secondary N) is 1. The van der Waals surface area contributed by atoms with Crippen LogP contribution < -0.4 is 26.2 Å². The summed E-state index contributed by atoms with van der Waals surface area (Å²) in [4.78, 5) is 42.6. The van der Waals surface area contributed by atoms with Gasteiger partial charge in [0.1, 0.15) is 22.7 Å². The van der Waals surface area contributed by atoms with E-state index in [1.807, 2.05) is 0 Å². The zero-order valence-electron chi connectivity index (χ0n) is 20.5. The van der Waals surface area contributed by atoms with Gasteiger partial charge < -0.3 is 30.2 Å². The number of benzene rings is 1. The zero-order valence-corrected chi connectivity index (χ0v) is 22.1. The maximum atomic E-state index is 14.1. The third-order valence-electron chi connectivity index (χ3n) is 5.36. The van der Waals surface area contributed by atoms with Crippen molar-refractivity contribution < 1.29 is 45.8 Å². The number of hydrogen-bond acceptors (Lipinski definition) is 10. The highest BCUT2D eigenvalue weighted by Gasteiger charge is 2.46. The van der Waals surface area contributed by atoms with Crippen LogP contribution in [-0.2, 0) is 31.4 Å². The van der Waals surface area contributed by atoms with E-state index in [4.69, 9.17) is 15.2 Å². The van der Waals surface area contributed by atoms with E-state index >= 15 is 0 Å². The molecule has 214 valence electrons. The molecule has 2 aromatic rings. The van der Waals surface area contributed by atoms with Crippen molar-refractivity contribution in [2.24, 2.45) is 5.73 Å². The largest absolute Gasteiger partial charge is 0.491 e. The molecule has 39 heavy (non-hydrogen) atoms. The van der Waals surface area contributed by atoms with E-state index in [2.05, 4.69) is 31.0 Å². The Kier molecular flexibility index (Phi) is 9.17. The Bertz CT molecular complexity index is 1310. The molecule has 1 atom stereocenters. The number of aromatic nitrogens is 2. The van der Waals surface area contributed by atoms with Crippen molar-refractivity contribution in [1.82, 2.24) is 14.9 Å². The number of nitrogens with two attached hydrogens (primary N) is 1. The Balaban J connectivity index is 2.13. The van der Waals surface area contributed by atoms with Crippen molar-refractivity contribution in [3.05, 3.63) is 50.2 Å². The lowest BCUT2D eigenvalue weighted by atomic mass is 10.2. The molecule has 0 bridgehead atoms. The van der Waals surface area contributed by atoms with Crippen LogP contribution in [0.3, 0.4) is 0 Å². The lowest BCUT2D eigenvalue weighted by molar-refractivity contribution is -0.219. The molecule has 1 saturated heterocycles. The maximum Gasteiger partial charge on any atom is 0.491 e. The molecule has 2 heterocycles. The average Bonchev–Trinajstić information content (AvgIpc) is 2.85. The summed E-state index contributed by atoms with van der Waals surface area (Å²) in [5.74, 6) is -5.97. The predicted octanol–water partition coefficient (Wildman–Crippen LogP) is 1.90. The van der Waals surface area contributed by atoms with Crippen LogP contribution in [0.1, 0.15) is 19.4 Å². The molecule has 0 spiro atoms. The summed E-state index contributed by atoms with van der Waals surface area (Å²) in [5.41, 5.74) is 1.91. The maximum absolute atomic E-state index is 14.1. The van der Waals surface area contributed by atoms with E-state index in [1.54, 1.807) is 0 Å². The highest BCUT2D eigenvalue weighted by molar-refractivity contribution is 9.10. The Morgan fingerprint density at radius 2 is 1.95 bits per heavy atom. The molecule has 1 aromatic heterocycles. The Hall–Kier alpha value is -3.31. The van der Waals surface area contributed by atoms with Crippen molar-refractivity contribution in [2.75, 3.05) is 31.1 Å². The van der Waals surface area contributed by atoms with E-state index in [1.165, 1.54) is 4.90 Å². The fourth-order valence-corrected chi connectivity index (χ4v) is 3.95. The average molecular weight is 628 g/mol. The summed E-state index contributed by atoms with van der Waals surface area (Å²) in [6.07, 6.45) is -6.51.